The summed E-state index contributed by atoms with van der Waals surface area (Å²) in [6.07, 6.45) is 3.27. The maximum Gasteiger partial charge on any atom is 0.171 e. The fourth-order valence-electron chi connectivity index (χ4n) is 2.52. The van der Waals surface area contributed by atoms with Gasteiger partial charge >= 0.3 is 0 Å². The molecule has 0 aliphatic carbocycles. The molecule has 1 aromatic rings. The number of hydrogen-bond donors (Lipinski definition) is 1. The van der Waals surface area contributed by atoms with Gasteiger partial charge in [-0.2, -0.15) is 0 Å². The normalized spacial score (nSPS) is 22.5. The Bertz CT molecular complexity index is 401. The van der Waals surface area contributed by atoms with Gasteiger partial charge in [0, 0.05) is 25.5 Å². The molecule has 17 heavy (non-hydrogen) atoms. The van der Waals surface area contributed by atoms with Crippen molar-refractivity contribution in [3.05, 3.63) is 12.4 Å². The van der Waals surface area contributed by atoms with Crippen LogP contribution in [-0.4, -0.2) is 34.3 Å². The second kappa shape index (κ2) is 3.84. The van der Waals surface area contributed by atoms with Crippen molar-refractivity contribution in [2.75, 3.05) is 23.7 Å². The Morgan fingerprint density at radius 3 is 2.18 bits per heavy atom. The zero-order chi connectivity index (χ0) is 12.7. The fraction of sp³-hybridized carbons (Fsp3) is 0.667. The standard InChI is InChI=1S/C12H20N4O/c1-11(2)7-16(8-12(3,4)17-11)10-9(13)14-5-6-15-10/h5-6H,7-8H2,1-4H3,(H2,13,14). The molecular weight excluding hydrogens is 216 g/mol. The average molecular weight is 236 g/mol. The van der Waals surface area contributed by atoms with E-state index in [4.69, 9.17) is 10.5 Å². The summed E-state index contributed by atoms with van der Waals surface area (Å²) in [6, 6.07) is 0. The lowest BCUT2D eigenvalue weighted by Gasteiger charge is -2.47. The van der Waals surface area contributed by atoms with E-state index in [9.17, 15) is 0 Å². The first-order valence-corrected chi connectivity index (χ1v) is 5.81. The molecule has 1 aliphatic heterocycles. The lowest BCUT2D eigenvalue weighted by atomic mass is 9.99. The van der Waals surface area contributed by atoms with E-state index in [1.807, 2.05) is 0 Å². The summed E-state index contributed by atoms with van der Waals surface area (Å²) < 4.78 is 6.02. The molecule has 5 heteroatoms. The molecule has 0 spiro atoms. The van der Waals surface area contributed by atoms with Crippen molar-refractivity contribution in [3.8, 4) is 0 Å². The minimum Gasteiger partial charge on any atom is -0.381 e. The highest BCUT2D eigenvalue weighted by atomic mass is 16.5. The molecule has 5 nitrogen and oxygen atoms in total. The van der Waals surface area contributed by atoms with Crippen LogP contribution in [0.3, 0.4) is 0 Å². The molecule has 1 fully saturated rings. The van der Waals surface area contributed by atoms with E-state index in [-0.39, 0.29) is 11.2 Å². The van der Waals surface area contributed by atoms with Crippen LogP contribution >= 0.6 is 0 Å². The van der Waals surface area contributed by atoms with Crippen LogP contribution in [0.5, 0.6) is 0 Å². The number of nitrogens with zero attached hydrogens (tertiary/aromatic N) is 3. The highest BCUT2D eigenvalue weighted by Gasteiger charge is 2.39. The van der Waals surface area contributed by atoms with E-state index in [2.05, 4.69) is 42.6 Å². The third kappa shape index (κ3) is 2.66. The molecular formula is C12H20N4O. The molecule has 2 rings (SSSR count). The van der Waals surface area contributed by atoms with Crippen molar-refractivity contribution in [1.82, 2.24) is 9.97 Å². The summed E-state index contributed by atoms with van der Waals surface area (Å²) >= 11 is 0. The third-order valence-electron chi connectivity index (χ3n) is 2.70. The molecule has 0 atom stereocenters. The molecule has 0 radical (unpaired) electrons. The van der Waals surface area contributed by atoms with Crippen molar-refractivity contribution < 1.29 is 4.74 Å². The Labute approximate surface area is 102 Å². The molecule has 0 bridgehead atoms. The van der Waals surface area contributed by atoms with Gasteiger partial charge < -0.3 is 15.4 Å². The maximum absolute atomic E-state index is 6.02. The van der Waals surface area contributed by atoms with Gasteiger partial charge in [-0.3, -0.25) is 0 Å². The van der Waals surface area contributed by atoms with Gasteiger partial charge in [0.1, 0.15) is 0 Å². The van der Waals surface area contributed by atoms with Crippen LogP contribution in [-0.2, 0) is 4.74 Å². The monoisotopic (exact) mass is 236 g/mol. The van der Waals surface area contributed by atoms with Crippen LogP contribution in [0.25, 0.3) is 0 Å². The van der Waals surface area contributed by atoms with Crippen LogP contribution in [0.2, 0.25) is 0 Å². The van der Waals surface area contributed by atoms with E-state index in [1.54, 1.807) is 12.4 Å². The Balaban J connectivity index is 2.30. The Morgan fingerprint density at radius 2 is 1.65 bits per heavy atom. The summed E-state index contributed by atoms with van der Waals surface area (Å²) in [5, 5.41) is 0. The first-order chi connectivity index (χ1) is 7.79. The maximum atomic E-state index is 6.02. The summed E-state index contributed by atoms with van der Waals surface area (Å²) in [4.78, 5) is 10.5. The quantitative estimate of drug-likeness (QED) is 0.799. The molecule has 1 aliphatic rings. The highest BCUT2D eigenvalue weighted by molar-refractivity contribution is 5.58. The minimum absolute atomic E-state index is 0.217. The van der Waals surface area contributed by atoms with Crippen LogP contribution in [0.4, 0.5) is 11.6 Å². The first kappa shape index (κ1) is 12.1. The second-order valence-corrected chi connectivity index (χ2v) is 5.74. The zero-order valence-corrected chi connectivity index (χ0v) is 10.9. The van der Waals surface area contributed by atoms with Gasteiger partial charge in [0.25, 0.3) is 0 Å². The van der Waals surface area contributed by atoms with Crippen molar-refractivity contribution >= 4 is 11.6 Å². The van der Waals surface area contributed by atoms with Crippen molar-refractivity contribution in [1.29, 1.82) is 0 Å². The Kier molecular flexibility index (Phi) is 2.73. The predicted octanol–water partition coefficient (Wildman–Crippen LogP) is 1.45. The van der Waals surface area contributed by atoms with Crippen LogP contribution < -0.4 is 10.6 Å². The fourth-order valence-corrected chi connectivity index (χ4v) is 2.52. The molecule has 2 N–H and O–H groups in total. The number of nitrogen functional groups attached to an aromatic ring is 1. The molecule has 1 aromatic heterocycles. The van der Waals surface area contributed by atoms with Gasteiger partial charge in [-0.1, -0.05) is 0 Å². The number of morpholine rings is 1. The largest absolute Gasteiger partial charge is 0.381 e. The molecule has 0 amide bonds. The van der Waals surface area contributed by atoms with Crippen molar-refractivity contribution in [3.63, 3.8) is 0 Å². The molecule has 0 saturated carbocycles. The summed E-state index contributed by atoms with van der Waals surface area (Å²) in [6.45, 7) is 9.83. The SMILES string of the molecule is CC1(C)CN(c2nccnc2N)CC(C)(C)O1. The van der Waals surface area contributed by atoms with E-state index < -0.39 is 0 Å². The van der Waals surface area contributed by atoms with Gasteiger partial charge in [0.15, 0.2) is 11.6 Å². The minimum atomic E-state index is -0.217. The number of aromatic nitrogens is 2. The summed E-state index contributed by atoms with van der Waals surface area (Å²) in [7, 11) is 0. The lowest BCUT2D eigenvalue weighted by Crippen LogP contribution is -2.57. The average Bonchev–Trinajstić information content (AvgIpc) is 2.13. The summed E-state index contributed by atoms with van der Waals surface area (Å²) in [5.74, 6) is 1.22. The van der Waals surface area contributed by atoms with E-state index in [0.29, 0.717) is 5.82 Å². The number of anilines is 2. The van der Waals surface area contributed by atoms with Gasteiger partial charge in [-0.15, -0.1) is 0 Å². The van der Waals surface area contributed by atoms with E-state index in [1.165, 1.54) is 0 Å². The number of rotatable bonds is 1. The second-order valence-electron chi connectivity index (χ2n) is 5.74. The first-order valence-electron chi connectivity index (χ1n) is 5.81. The predicted molar refractivity (Wildman–Crippen MR) is 67.9 cm³/mol. The zero-order valence-electron chi connectivity index (χ0n) is 10.9. The van der Waals surface area contributed by atoms with Gasteiger partial charge in [-0.25, -0.2) is 9.97 Å². The molecule has 1 saturated heterocycles. The molecule has 94 valence electrons. The van der Waals surface area contributed by atoms with Crippen LogP contribution in [0.1, 0.15) is 27.7 Å². The number of hydrogen-bond acceptors (Lipinski definition) is 5. The van der Waals surface area contributed by atoms with E-state index >= 15 is 0 Å². The van der Waals surface area contributed by atoms with Crippen molar-refractivity contribution in [2.45, 2.75) is 38.9 Å². The third-order valence-corrected chi connectivity index (χ3v) is 2.70. The van der Waals surface area contributed by atoms with Crippen molar-refractivity contribution in [2.24, 2.45) is 0 Å². The van der Waals surface area contributed by atoms with Crippen LogP contribution in [0, 0.1) is 0 Å². The van der Waals surface area contributed by atoms with Crippen LogP contribution in [0.15, 0.2) is 12.4 Å². The topological polar surface area (TPSA) is 64.3 Å². The van der Waals surface area contributed by atoms with Gasteiger partial charge in [0.2, 0.25) is 0 Å². The Morgan fingerprint density at radius 1 is 1.12 bits per heavy atom. The molecule has 0 aromatic carbocycles. The number of ether oxygens (including phenoxy) is 1. The van der Waals surface area contributed by atoms with E-state index in [0.717, 1.165) is 18.9 Å². The highest BCUT2D eigenvalue weighted by Crippen LogP contribution is 2.31. The van der Waals surface area contributed by atoms with Gasteiger partial charge in [-0.05, 0) is 27.7 Å². The molecule has 2 heterocycles. The summed E-state index contributed by atoms with van der Waals surface area (Å²) in [5.41, 5.74) is 5.44. The molecule has 0 unspecified atom stereocenters. The lowest BCUT2D eigenvalue weighted by molar-refractivity contribution is -0.133. The van der Waals surface area contributed by atoms with Gasteiger partial charge in [0.05, 0.1) is 11.2 Å². The smallest absolute Gasteiger partial charge is 0.171 e. The Hall–Kier alpha value is -1.36. The number of nitrogens with two attached hydrogens (primary N) is 1.